The molecule has 0 aliphatic carbocycles. The second-order valence-electron chi connectivity index (χ2n) is 6.77. The second-order valence-corrected chi connectivity index (χ2v) is 7.17. The van der Waals surface area contributed by atoms with E-state index in [0.29, 0.717) is 41.6 Å². The van der Waals surface area contributed by atoms with Crippen LogP contribution in [0.25, 0.3) is 0 Å². The molecular weight excluding hydrogens is 383 g/mol. The molecule has 1 amide bonds. The molecule has 2 aromatic carbocycles. The van der Waals surface area contributed by atoms with Gasteiger partial charge in [-0.2, -0.15) is 0 Å². The number of carbonyl (C=O) groups is 1. The van der Waals surface area contributed by atoms with Crippen molar-refractivity contribution in [2.24, 2.45) is 0 Å². The van der Waals surface area contributed by atoms with E-state index in [-0.39, 0.29) is 30.4 Å². The maximum Gasteiger partial charge on any atom is 0.251 e. The topological polar surface area (TPSA) is 50.8 Å². The van der Waals surface area contributed by atoms with Crippen molar-refractivity contribution < 1.29 is 18.7 Å². The summed E-state index contributed by atoms with van der Waals surface area (Å²) in [5, 5.41) is 3.26. The quantitative estimate of drug-likeness (QED) is 0.795. The van der Waals surface area contributed by atoms with E-state index in [0.717, 1.165) is 0 Å². The zero-order valence-corrected chi connectivity index (χ0v) is 16.7. The fraction of sp³-hybridized carbons (Fsp3) is 0.381. The molecule has 1 N–H and O–H groups in total. The molecule has 1 fully saturated rings. The molecule has 0 radical (unpaired) electrons. The molecule has 1 saturated heterocycles. The normalized spacial score (nSPS) is 18.5. The van der Waals surface area contributed by atoms with Gasteiger partial charge >= 0.3 is 0 Å². The van der Waals surface area contributed by atoms with Gasteiger partial charge in [0.05, 0.1) is 25.9 Å². The summed E-state index contributed by atoms with van der Waals surface area (Å²) >= 11 is 6.32. The Morgan fingerprint density at radius 2 is 2.11 bits per heavy atom. The highest BCUT2D eigenvalue weighted by Crippen LogP contribution is 2.31. The second kappa shape index (κ2) is 9.37. The minimum absolute atomic E-state index is 0.0269. The van der Waals surface area contributed by atoms with Crippen LogP contribution in [0.1, 0.15) is 28.9 Å². The van der Waals surface area contributed by atoms with Gasteiger partial charge in [0.2, 0.25) is 0 Å². The molecule has 1 aliphatic heterocycles. The molecule has 0 aromatic heterocycles. The van der Waals surface area contributed by atoms with Gasteiger partial charge in [-0.1, -0.05) is 17.7 Å². The number of hydrogen-bond donors (Lipinski definition) is 1. The van der Waals surface area contributed by atoms with E-state index in [2.05, 4.69) is 10.2 Å². The Balaban J connectivity index is 1.79. The lowest BCUT2D eigenvalue weighted by atomic mass is 10.0. The first-order chi connectivity index (χ1) is 13.5. The lowest BCUT2D eigenvalue weighted by Gasteiger charge is -2.38. The van der Waals surface area contributed by atoms with Gasteiger partial charge in [0.25, 0.3) is 5.91 Å². The van der Waals surface area contributed by atoms with Gasteiger partial charge in [-0.25, -0.2) is 4.39 Å². The summed E-state index contributed by atoms with van der Waals surface area (Å²) < 4.78 is 25.3. The van der Waals surface area contributed by atoms with Crippen molar-refractivity contribution in [3.8, 4) is 5.75 Å². The Morgan fingerprint density at radius 1 is 1.36 bits per heavy atom. The van der Waals surface area contributed by atoms with E-state index in [9.17, 15) is 9.18 Å². The molecule has 2 aromatic rings. The molecule has 28 heavy (non-hydrogen) atoms. The van der Waals surface area contributed by atoms with Gasteiger partial charge in [-0.05, 0) is 43.3 Å². The smallest absolute Gasteiger partial charge is 0.251 e. The molecule has 0 spiro atoms. The van der Waals surface area contributed by atoms with Gasteiger partial charge < -0.3 is 14.8 Å². The third-order valence-corrected chi connectivity index (χ3v) is 5.18. The fourth-order valence-corrected chi connectivity index (χ4v) is 3.69. The monoisotopic (exact) mass is 406 g/mol. The molecule has 0 bridgehead atoms. The Labute approximate surface area is 169 Å². The van der Waals surface area contributed by atoms with Crippen LogP contribution in [0.4, 0.5) is 4.39 Å². The number of morpholine rings is 1. The van der Waals surface area contributed by atoms with E-state index in [1.165, 1.54) is 6.07 Å². The van der Waals surface area contributed by atoms with Gasteiger partial charge in [-0.15, -0.1) is 0 Å². The third kappa shape index (κ3) is 4.82. The standard InChI is InChI=1S/C21H24ClFN2O3/c1-14-13-25(10-11-28-14)19(20-17(22)4-3-5-18(20)23)12-24-21(26)15-6-8-16(27-2)9-7-15/h3-9,14,19H,10-13H2,1-2H3,(H,24,26)/t14-,19-/m1/s1. The van der Waals surface area contributed by atoms with Crippen LogP contribution in [0.15, 0.2) is 42.5 Å². The van der Waals surface area contributed by atoms with Crippen LogP contribution in [0.3, 0.4) is 0 Å². The first-order valence-corrected chi connectivity index (χ1v) is 9.59. The van der Waals surface area contributed by atoms with Crippen molar-refractivity contribution in [3.63, 3.8) is 0 Å². The highest BCUT2D eigenvalue weighted by Gasteiger charge is 2.29. The SMILES string of the molecule is COc1ccc(C(=O)NC[C@H](c2c(F)cccc2Cl)N2CCO[C@H](C)C2)cc1. The lowest BCUT2D eigenvalue weighted by Crippen LogP contribution is -2.47. The highest BCUT2D eigenvalue weighted by molar-refractivity contribution is 6.31. The van der Waals surface area contributed by atoms with Crippen molar-refractivity contribution in [2.45, 2.75) is 19.1 Å². The molecule has 7 heteroatoms. The third-order valence-electron chi connectivity index (χ3n) is 4.85. The molecular formula is C21H24ClFN2O3. The number of nitrogens with zero attached hydrogens (tertiary/aromatic N) is 1. The van der Waals surface area contributed by atoms with Crippen molar-refractivity contribution >= 4 is 17.5 Å². The van der Waals surface area contributed by atoms with Crippen molar-refractivity contribution in [1.82, 2.24) is 10.2 Å². The number of ether oxygens (including phenoxy) is 2. The molecule has 0 saturated carbocycles. The maximum atomic E-state index is 14.6. The Hall–Kier alpha value is -2.15. The maximum absolute atomic E-state index is 14.6. The van der Waals surface area contributed by atoms with Crippen molar-refractivity contribution in [2.75, 3.05) is 33.4 Å². The van der Waals surface area contributed by atoms with E-state index in [4.69, 9.17) is 21.1 Å². The zero-order valence-electron chi connectivity index (χ0n) is 16.0. The summed E-state index contributed by atoms with van der Waals surface area (Å²) in [6, 6.07) is 11.1. The number of halogens is 2. The van der Waals surface area contributed by atoms with Gasteiger partial charge in [-0.3, -0.25) is 9.69 Å². The summed E-state index contributed by atoms with van der Waals surface area (Å²) in [6.07, 6.45) is 0.0269. The largest absolute Gasteiger partial charge is 0.497 e. The Bertz CT molecular complexity index is 796. The van der Waals surface area contributed by atoms with Crippen molar-refractivity contribution in [1.29, 1.82) is 0 Å². The number of rotatable bonds is 6. The summed E-state index contributed by atoms with van der Waals surface area (Å²) in [5.74, 6) is 0.0617. The van der Waals surface area contributed by atoms with Crippen LogP contribution in [-0.4, -0.2) is 50.3 Å². The lowest BCUT2D eigenvalue weighted by molar-refractivity contribution is -0.0346. The van der Waals surface area contributed by atoms with Crippen LogP contribution in [-0.2, 0) is 4.74 Å². The van der Waals surface area contributed by atoms with E-state index in [1.54, 1.807) is 43.5 Å². The average molecular weight is 407 g/mol. The van der Waals surface area contributed by atoms with Crippen LogP contribution in [0.5, 0.6) is 5.75 Å². The van der Waals surface area contributed by atoms with Gasteiger partial charge in [0, 0.05) is 35.8 Å². The number of methoxy groups -OCH3 is 1. The highest BCUT2D eigenvalue weighted by atomic mass is 35.5. The summed E-state index contributed by atoms with van der Waals surface area (Å²) in [5.41, 5.74) is 0.905. The van der Waals surface area contributed by atoms with E-state index >= 15 is 0 Å². The average Bonchev–Trinajstić information content (AvgIpc) is 2.70. The van der Waals surface area contributed by atoms with Crippen molar-refractivity contribution in [3.05, 3.63) is 64.4 Å². The van der Waals surface area contributed by atoms with Crippen LogP contribution in [0, 0.1) is 5.82 Å². The Kier molecular flexibility index (Phi) is 6.88. The first-order valence-electron chi connectivity index (χ1n) is 9.21. The predicted octanol–water partition coefficient (Wildman–Crippen LogP) is 3.68. The zero-order chi connectivity index (χ0) is 20.1. The van der Waals surface area contributed by atoms with E-state index < -0.39 is 0 Å². The minimum Gasteiger partial charge on any atom is -0.497 e. The summed E-state index contributed by atoms with van der Waals surface area (Å²) in [4.78, 5) is 14.7. The van der Waals surface area contributed by atoms with Crippen LogP contribution in [0.2, 0.25) is 5.02 Å². The van der Waals surface area contributed by atoms with Gasteiger partial charge in [0.1, 0.15) is 11.6 Å². The number of nitrogens with one attached hydrogen (secondary N) is 1. The molecule has 3 rings (SSSR count). The van der Waals surface area contributed by atoms with E-state index in [1.807, 2.05) is 6.92 Å². The Morgan fingerprint density at radius 3 is 2.75 bits per heavy atom. The predicted molar refractivity (Wildman–Crippen MR) is 106 cm³/mol. The summed E-state index contributed by atoms with van der Waals surface area (Å²) in [6.45, 7) is 4.03. The molecule has 1 heterocycles. The first kappa shape index (κ1) is 20.6. The molecule has 2 atom stereocenters. The minimum atomic E-state index is -0.387. The van der Waals surface area contributed by atoms with Crippen LogP contribution >= 0.6 is 11.6 Å². The summed E-state index contributed by atoms with van der Waals surface area (Å²) in [7, 11) is 1.57. The number of benzene rings is 2. The van der Waals surface area contributed by atoms with Crippen LogP contribution < -0.4 is 10.1 Å². The number of hydrogen-bond acceptors (Lipinski definition) is 4. The fourth-order valence-electron chi connectivity index (χ4n) is 3.41. The van der Waals surface area contributed by atoms with Gasteiger partial charge in [0.15, 0.2) is 0 Å². The molecule has 0 unspecified atom stereocenters. The molecule has 150 valence electrons. The number of amides is 1. The molecule has 1 aliphatic rings. The molecule has 5 nitrogen and oxygen atoms in total. The number of carbonyl (C=O) groups excluding carboxylic acids is 1.